The van der Waals surface area contributed by atoms with Gasteiger partial charge < -0.3 is 15.3 Å². The molecule has 2 fully saturated rings. The van der Waals surface area contributed by atoms with Crippen LogP contribution in [0, 0.1) is 17.8 Å². The summed E-state index contributed by atoms with van der Waals surface area (Å²) >= 11 is 0. The van der Waals surface area contributed by atoms with Crippen molar-refractivity contribution in [2.24, 2.45) is 17.8 Å². The molecule has 2 amide bonds. The lowest BCUT2D eigenvalue weighted by Crippen LogP contribution is -2.33. The van der Waals surface area contributed by atoms with Crippen LogP contribution in [-0.2, 0) is 9.53 Å². The van der Waals surface area contributed by atoms with Crippen LogP contribution in [0.5, 0.6) is 0 Å². The number of fused-ring (bicyclic) bond motifs is 1. The SMILES string of the molecule is CC(=O)NC[C@H]1CN(c2ccc(C3=CC[C@@H]4[C@@H](CNO)[C@H]34)cc2)C(=O)O1. The van der Waals surface area contributed by atoms with Crippen molar-refractivity contribution in [3.8, 4) is 0 Å². The maximum absolute atomic E-state index is 12.1. The predicted molar refractivity (Wildman–Crippen MR) is 95.6 cm³/mol. The molecule has 7 heteroatoms. The summed E-state index contributed by atoms with van der Waals surface area (Å²) < 4.78 is 5.30. The van der Waals surface area contributed by atoms with Gasteiger partial charge in [0.2, 0.25) is 5.91 Å². The molecule has 2 aliphatic carbocycles. The highest BCUT2D eigenvalue weighted by Gasteiger charge is 2.53. The third kappa shape index (κ3) is 3.08. The molecule has 3 N–H and O–H groups in total. The Kier molecular flexibility index (Phi) is 4.42. The first-order valence-corrected chi connectivity index (χ1v) is 8.98. The molecule has 138 valence electrons. The smallest absolute Gasteiger partial charge is 0.414 e. The Bertz CT molecular complexity index is 746. The third-order valence-electron chi connectivity index (χ3n) is 5.59. The zero-order valence-electron chi connectivity index (χ0n) is 14.6. The van der Waals surface area contributed by atoms with Crippen molar-refractivity contribution in [2.45, 2.75) is 19.4 Å². The Morgan fingerprint density at radius 3 is 2.77 bits per heavy atom. The quantitative estimate of drug-likeness (QED) is 0.675. The fourth-order valence-electron chi connectivity index (χ4n) is 4.25. The Hall–Kier alpha value is -2.38. The summed E-state index contributed by atoms with van der Waals surface area (Å²) in [6.45, 7) is 2.83. The van der Waals surface area contributed by atoms with Gasteiger partial charge in [-0.3, -0.25) is 9.69 Å². The summed E-state index contributed by atoms with van der Waals surface area (Å²) in [4.78, 5) is 24.7. The van der Waals surface area contributed by atoms with Crippen molar-refractivity contribution < 1.29 is 19.5 Å². The van der Waals surface area contributed by atoms with E-state index in [2.05, 4.69) is 16.9 Å². The van der Waals surface area contributed by atoms with E-state index < -0.39 is 0 Å². The molecular weight excluding hydrogens is 334 g/mol. The number of anilines is 1. The van der Waals surface area contributed by atoms with Crippen LogP contribution < -0.4 is 15.7 Å². The van der Waals surface area contributed by atoms with Gasteiger partial charge in [0, 0.05) is 19.2 Å². The first-order valence-electron chi connectivity index (χ1n) is 8.98. The number of hydroxylamine groups is 1. The van der Waals surface area contributed by atoms with Crippen LogP contribution in [0.1, 0.15) is 18.9 Å². The van der Waals surface area contributed by atoms with Gasteiger partial charge in [-0.05, 0) is 47.4 Å². The zero-order valence-corrected chi connectivity index (χ0v) is 14.6. The summed E-state index contributed by atoms with van der Waals surface area (Å²) in [5, 5.41) is 11.6. The highest BCUT2D eigenvalue weighted by atomic mass is 16.6. The molecule has 3 aliphatic rings. The van der Waals surface area contributed by atoms with Crippen LogP contribution in [-0.4, -0.2) is 42.9 Å². The van der Waals surface area contributed by atoms with Gasteiger partial charge in [-0.2, -0.15) is 0 Å². The monoisotopic (exact) mass is 357 g/mol. The number of nitrogens with zero attached hydrogens (tertiary/aromatic N) is 1. The molecule has 0 bridgehead atoms. The van der Waals surface area contributed by atoms with E-state index in [9.17, 15) is 9.59 Å². The molecule has 1 aromatic carbocycles. The standard InChI is InChI=1S/C19H23N3O4/c1-11(23)20-8-14-10-22(19(24)26-14)13-4-2-12(3-5-13)15-6-7-16-17(9-21-25)18(15)16/h2-6,14,16-18,21,25H,7-10H2,1H3,(H,20,23)/t14-,16+,17+,18+/m0/s1. The van der Waals surface area contributed by atoms with Gasteiger partial charge in [0.15, 0.2) is 0 Å². The lowest BCUT2D eigenvalue weighted by Gasteiger charge is -2.14. The van der Waals surface area contributed by atoms with Crippen LogP contribution in [0.15, 0.2) is 30.3 Å². The number of benzene rings is 1. The average molecular weight is 357 g/mol. The molecule has 1 saturated carbocycles. The molecule has 0 radical (unpaired) electrons. The molecule has 4 atom stereocenters. The molecule has 7 nitrogen and oxygen atoms in total. The Morgan fingerprint density at radius 2 is 2.08 bits per heavy atom. The van der Waals surface area contributed by atoms with Gasteiger partial charge in [0.1, 0.15) is 6.10 Å². The average Bonchev–Trinajstić information content (AvgIpc) is 2.96. The van der Waals surface area contributed by atoms with E-state index in [4.69, 9.17) is 9.94 Å². The van der Waals surface area contributed by atoms with Gasteiger partial charge in [-0.15, -0.1) is 0 Å². The molecule has 4 rings (SSSR count). The highest BCUT2D eigenvalue weighted by molar-refractivity contribution is 5.90. The summed E-state index contributed by atoms with van der Waals surface area (Å²) in [6.07, 6.45) is 2.63. The van der Waals surface area contributed by atoms with E-state index in [-0.39, 0.29) is 18.1 Å². The number of ether oxygens (including phenoxy) is 1. The van der Waals surface area contributed by atoms with E-state index >= 15 is 0 Å². The summed E-state index contributed by atoms with van der Waals surface area (Å²) in [5.74, 6) is 1.55. The lowest BCUT2D eigenvalue weighted by atomic mass is 10.0. The molecule has 26 heavy (non-hydrogen) atoms. The number of rotatable bonds is 6. The third-order valence-corrected chi connectivity index (χ3v) is 5.59. The van der Waals surface area contributed by atoms with Crippen molar-refractivity contribution >= 4 is 23.3 Å². The van der Waals surface area contributed by atoms with E-state index in [1.807, 2.05) is 24.3 Å². The second-order valence-corrected chi connectivity index (χ2v) is 7.21. The van der Waals surface area contributed by atoms with E-state index in [1.165, 1.54) is 18.1 Å². The number of cyclic esters (lactones) is 1. The summed E-state index contributed by atoms with van der Waals surface area (Å²) in [6, 6.07) is 7.96. The van der Waals surface area contributed by atoms with Crippen molar-refractivity contribution in [1.82, 2.24) is 10.8 Å². The minimum atomic E-state index is -0.385. The lowest BCUT2D eigenvalue weighted by molar-refractivity contribution is -0.119. The van der Waals surface area contributed by atoms with Crippen molar-refractivity contribution in [2.75, 3.05) is 24.5 Å². The minimum absolute atomic E-state index is 0.137. The minimum Gasteiger partial charge on any atom is -0.442 e. The van der Waals surface area contributed by atoms with Gasteiger partial charge in [0.05, 0.1) is 13.1 Å². The number of carbonyl (C=O) groups excluding carboxylic acids is 2. The largest absolute Gasteiger partial charge is 0.442 e. The Balaban J connectivity index is 1.41. The summed E-state index contributed by atoms with van der Waals surface area (Å²) in [7, 11) is 0. The van der Waals surface area contributed by atoms with Gasteiger partial charge >= 0.3 is 6.09 Å². The predicted octanol–water partition coefficient (Wildman–Crippen LogP) is 1.78. The number of hydrogen-bond acceptors (Lipinski definition) is 5. The molecule has 1 heterocycles. The second kappa shape index (κ2) is 6.74. The molecule has 1 aliphatic heterocycles. The van der Waals surface area contributed by atoms with Crippen molar-refractivity contribution in [3.05, 3.63) is 35.9 Å². The maximum atomic E-state index is 12.1. The first kappa shape index (κ1) is 17.1. The Labute approximate surface area is 152 Å². The van der Waals surface area contributed by atoms with Crippen LogP contribution in [0.2, 0.25) is 0 Å². The zero-order chi connectivity index (χ0) is 18.3. The topological polar surface area (TPSA) is 90.9 Å². The van der Waals surface area contributed by atoms with Crippen LogP contribution in [0.3, 0.4) is 0 Å². The van der Waals surface area contributed by atoms with Gasteiger partial charge in [-0.1, -0.05) is 18.2 Å². The molecule has 0 spiro atoms. The van der Waals surface area contributed by atoms with E-state index in [0.29, 0.717) is 37.4 Å². The van der Waals surface area contributed by atoms with Crippen LogP contribution >= 0.6 is 0 Å². The first-order chi connectivity index (χ1) is 12.6. The number of hydrogen-bond donors (Lipinski definition) is 3. The Morgan fingerprint density at radius 1 is 1.31 bits per heavy atom. The molecule has 0 unspecified atom stereocenters. The molecule has 1 aromatic rings. The van der Waals surface area contributed by atoms with Crippen molar-refractivity contribution in [1.29, 1.82) is 0 Å². The number of allylic oxidation sites excluding steroid dienone is 2. The fraction of sp³-hybridized carbons (Fsp3) is 0.474. The van der Waals surface area contributed by atoms with Gasteiger partial charge in [0.25, 0.3) is 0 Å². The molecule has 0 aromatic heterocycles. The van der Waals surface area contributed by atoms with E-state index in [1.54, 1.807) is 4.90 Å². The normalized spacial score (nSPS) is 29.2. The maximum Gasteiger partial charge on any atom is 0.414 e. The molecule has 1 saturated heterocycles. The van der Waals surface area contributed by atoms with Crippen LogP contribution in [0.25, 0.3) is 5.57 Å². The number of nitrogens with one attached hydrogen (secondary N) is 2. The summed E-state index contributed by atoms with van der Waals surface area (Å²) in [5.41, 5.74) is 5.60. The van der Waals surface area contributed by atoms with Crippen LogP contribution in [0.4, 0.5) is 10.5 Å². The fourth-order valence-corrected chi connectivity index (χ4v) is 4.25. The number of carbonyl (C=O) groups is 2. The highest BCUT2D eigenvalue weighted by Crippen LogP contribution is 2.60. The van der Waals surface area contributed by atoms with Crippen molar-refractivity contribution in [3.63, 3.8) is 0 Å². The number of amides is 2. The van der Waals surface area contributed by atoms with E-state index in [0.717, 1.165) is 12.1 Å². The molecular formula is C19H23N3O4. The second-order valence-electron chi connectivity index (χ2n) is 7.21. The van der Waals surface area contributed by atoms with Gasteiger partial charge in [-0.25, -0.2) is 10.3 Å².